The smallest absolute Gasteiger partial charge is 0.374 e. The number of unbranched alkanes of at least 4 members (excludes halogenated alkanes) is 19. The van der Waals surface area contributed by atoms with E-state index >= 15 is 0 Å². The van der Waals surface area contributed by atoms with Crippen LogP contribution in [0.4, 0.5) is 5.69 Å². The van der Waals surface area contributed by atoms with Crippen LogP contribution in [-0.4, -0.2) is 0 Å². The summed E-state index contributed by atoms with van der Waals surface area (Å²) in [7, 11) is 0. The summed E-state index contributed by atoms with van der Waals surface area (Å²) in [5, 5.41) is 3.30. The lowest BCUT2D eigenvalue weighted by Gasteiger charge is -2.04. The van der Waals surface area contributed by atoms with Crippen LogP contribution in [0.25, 0.3) is 17.2 Å². The van der Waals surface area contributed by atoms with E-state index in [1.807, 2.05) is 48.6 Å². The maximum absolute atomic E-state index is 6.21. The van der Waals surface area contributed by atoms with Crippen LogP contribution in [0.5, 0.6) is 5.75 Å². The first-order valence-electron chi connectivity index (χ1n) is 17.7. The average Bonchev–Trinajstić information content (AvgIpc) is 3.61. The van der Waals surface area contributed by atoms with Gasteiger partial charge < -0.3 is 14.5 Å². The fraction of sp³-hybridized carbons (Fsp3) is 0.564. The first-order valence-corrected chi connectivity index (χ1v) is 17.7. The Morgan fingerprint density at radius 3 is 1.77 bits per heavy atom. The van der Waals surface area contributed by atoms with E-state index in [2.05, 4.69) is 35.0 Å². The second-order valence-corrected chi connectivity index (χ2v) is 12.4. The van der Waals surface area contributed by atoms with E-state index in [1.54, 1.807) is 0 Å². The van der Waals surface area contributed by atoms with Gasteiger partial charge in [0.05, 0.1) is 11.8 Å². The Bertz CT molecular complexity index is 1210. The summed E-state index contributed by atoms with van der Waals surface area (Å²) in [6, 6.07) is 16.3. The van der Waals surface area contributed by atoms with Crippen molar-refractivity contribution in [3.8, 4) is 5.75 Å². The minimum Gasteiger partial charge on any atom is -0.439 e. The molecule has 0 saturated carbocycles. The molecule has 0 amide bonds. The van der Waals surface area contributed by atoms with Crippen LogP contribution in [-0.2, 0) is 6.54 Å². The van der Waals surface area contributed by atoms with Gasteiger partial charge in [-0.2, -0.15) is 4.57 Å². The zero-order chi connectivity index (χ0) is 29.8. The van der Waals surface area contributed by atoms with Gasteiger partial charge in [-0.05, 0) is 36.8 Å². The van der Waals surface area contributed by atoms with E-state index in [9.17, 15) is 0 Å². The molecule has 0 unspecified atom stereocenters. The molecule has 43 heavy (non-hydrogen) atoms. The Labute approximate surface area is 261 Å². The molecule has 4 rings (SSSR count). The monoisotopic (exact) mass is 585 g/mol. The number of allylic oxidation sites excluding steroid dienone is 2. The summed E-state index contributed by atoms with van der Waals surface area (Å²) in [5.74, 6) is 2.47. The summed E-state index contributed by atoms with van der Waals surface area (Å²) >= 11 is 0. The molecule has 0 fully saturated rings. The lowest BCUT2D eigenvalue weighted by Crippen LogP contribution is -2.35. The first-order chi connectivity index (χ1) is 21.3. The number of hydrogen-bond donors (Lipinski definition) is 1. The van der Waals surface area contributed by atoms with E-state index in [4.69, 9.17) is 9.15 Å². The van der Waals surface area contributed by atoms with E-state index in [0.717, 1.165) is 40.9 Å². The molecular weight excluding hydrogens is 528 g/mol. The van der Waals surface area contributed by atoms with Crippen molar-refractivity contribution in [1.29, 1.82) is 0 Å². The number of benzene rings is 2. The highest BCUT2D eigenvalue weighted by molar-refractivity contribution is 5.69. The summed E-state index contributed by atoms with van der Waals surface area (Å²) in [6.45, 7) is 3.28. The molecule has 3 aromatic rings. The number of hydrogen-bond acceptors (Lipinski definition) is 3. The van der Waals surface area contributed by atoms with Crippen LogP contribution in [0.15, 0.2) is 71.0 Å². The molecule has 0 spiro atoms. The molecule has 1 aliphatic heterocycles. The van der Waals surface area contributed by atoms with Gasteiger partial charge >= 0.3 is 5.89 Å². The minimum atomic E-state index is 0.731. The molecule has 2 aromatic carbocycles. The number of fused-ring (bicyclic) bond motifs is 2. The van der Waals surface area contributed by atoms with Crippen molar-refractivity contribution in [2.75, 3.05) is 5.32 Å². The highest BCUT2D eigenvalue weighted by atomic mass is 16.5. The Morgan fingerprint density at radius 2 is 1.16 bits per heavy atom. The lowest BCUT2D eigenvalue weighted by molar-refractivity contribution is -0.678. The van der Waals surface area contributed by atoms with Crippen LogP contribution in [0, 0.1) is 0 Å². The van der Waals surface area contributed by atoms with Gasteiger partial charge in [0, 0.05) is 12.5 Å². The minimum absolute atomic E-state index is 0.731. The molecule has 0 radical (unpaired) electrons. The number of nitrogens with one attached hydrogen (secondary N) is 1. The van der Waals surface area contributed by atoms with Gasteiger partial charge in [0.1, 0.15) is 0 Å². The van der Waals surface area contributed by atoms with Crippen molar-refractivity contribution in [3.05, 3.63) is 72.5 Å². The molecule has 4 heteroatoms. The first kappa shape index (κ1) is 32.9. The molecule has 0 saturated heterocycles. The van der Waals surface area contributed by atoms with Gasteiger partial charge in [-0.15, -0.1) is 0 Å². The van der Waals surface area contributed by atoms with Crippen molar-refractivity contribution in [2.45, 2.75) is 142 Å². The van der Waals surface area contributed by atoms with E-state index in [0.29, 0.717) is 0 Å². The summed E-state index contributed by atoms with van der Waals surface area (Å²) in [5.41, 5.74) is 3.10. The zero-order valence-corrected chi connectivity index (χ0v) is 27.0. The van der Waals surface area contributed by atoms with Gasteiger partial charge in [0.25, 0.3) is 5.52 Å². The maximum atomic E-state index is 6.21. The van der Waals surface area contributed by atoms with Crippen LogP contribution in [0.3, 0.4) is 0 Å². The number of aryl methyl sites for hydroxylation is 1. The van der Waals surface area contributed by atoms with Gasteiger partial charge in [-0.1, -0.05) is 147 Å². The number of para-hydroxylation sites is 4. The van der Waals surface area contributed by atoms with Crippen LogP contribution in [0.1, 0.15) is 141 Å². The maximum Gasteiger partial charge on any atom is 0.374 e. The van der Waals surface area contributed by atoms with Crippen molar-refractivity contribution < 1.29 is 13.7 Å². The standard InChI is InChI=1S/C39H56N2O2/c1-2-3-4-5-6-7-8-9-10-11-12-13-14-15-16-17-18-19-20-25-33-41-35-28-22-24-30-37(35)43-39(41)32-26-31-38-40-34-27-21-23-29-36(34)42-38/h21-24,26-32H,2-20,25,33H2,1H3/p+1. The third-order valence-corrected chi connectivity index (χ3v) is 8.72. The van der Waals surface area contributed by atoms with E-state index in [1.165, 1.54) is 128 Å². The molecule has 4 nitrogen and oxygen atoms in total. The lowest BCUT2D eigenvalue weighted by atomic mass is 10.0. The Morgan fingerprint density at radius 1 is 0.628 bits per heavy atom. The van der Waals surface area contributed by atoms with Gasteiger partial charge in [0.15, 0.2) is 18.2 Å². The molecule has 1 aliphatic rings. The van der Waals surface area contributed by atoms with Gasteiger partial charge in [-0.25, -0.2) is 0 Å². The number of rotatable bonds is 23. The number of ether oxygens (including phenoxy) is 1. The highest BCUT2D eigenvalue weighted by Gasteiger charge is 2.20. The van der Waals surface area contributed by atoms with Crippen LogP contribution in [0.2, 0.25) is 0 Å². The molecule has 0 aliphatic carbocycles. The van der Waals surface area contributed by atoms with Crippen molar-refractivity contribution >= 4 is 22.9 Å². The molecule has 2 heterocycles. The summed E-state index contributed by atoms with van der Waals surface area (Å²) in [6.07, 6.45) is 34.1. The largest absolute Gasteiger partial charge is 0.439 e. The second-order valence-electron chi connectivity index (χ2n) is 12.4. The van der Waals surface area contributed by atoms with E-state index < -0.39 is 0 Å². The second kappa shape index (κ2) is 20.0. The molecule has 1 aromatic heterocycles. The molecule has 1 N–H and O–H groups in total. The third kappa shape index (κ3) is 11.9. The fourth-order valence-corrected chi connectivity index (χ4v) is 6.16. The molecule has 0 atom stereocenters. The molecule has 234 valence electrons. The Balaban J connectivity index is 1.03. The van der Waals surface area contributed by atoms with Crippen molar-refractivity contribution in [3.63, 3.8) is 0 Å². The molecular formula is C39H57N2O2+. The average molecular weight is 586 g/mol. The van der Waals surface area contributed by atoms with Crippen LogP contribution >= 0.6 is 0 Å². The Hall–Kier alpha value is -3.01. The zero-order valence-electron chi connectivity index (χ0n) is 27.0. The number of anilines is 1. The third-order valence-electron chi connectivity index (χ3n) is 8.72. The van der Waals surface area contributed by atoms with Crippen molar-refractivity contribution in [2.24, 2.45) is 0 Å². The quantitative estimate of drug-likeness (QED) is 0.0888. The van der Waals surface area contributed by atoms with Crippen molar-refractivity contribution in [1.82, 2.24) is 0 Å². The topological polar surface area (TPSA) is 38.3 Å². The SMILES string of the molecule is CCCCCCCCCCCCCCCCCCCCCC[n+]1c(C=CC=C2Nc3ccccc3O2)oc2ccccc21. The normalized spacial score (nSPS) is 13.7. The summed E-state index contributed by atoms with van der Waals surface area (Å²) in [4.78, 5) is 0. The summed E-state index contributed by atoms with van der Waals surface area (Å²) < 4.78 is 14.4. The number of aromatic nitrogens is 1. The fourth-order valence-electron chi connectivity index (χ4n) is 6.16. The van der Waals surface area contributed by atoms with Crippen LogP contribution < -0.4 is 14.6 Å². The Kier molecular flexibility index (Phi) is 15.3. The predicted octanol–water partition coefficient (Wildman–Crippen LogP) is 11.9. The van der Waals surface area contributed by atoms with E-state index in [-0.39, 0.29) is 0 Å². The highest BCUT2D eigenvalue weighted by Crippen LogP contribution is 2.32. The van der Waals surface area contributed by atoms with Gasteiger partial charge in [-0.3, -0.25) is 0 Å². The van der Waals surface area contributed by atoms with Gasteiger partial charge in [0.2, 0.25) is 5.58 Å². The number of nitrogens with zero attached hydrogens (tertiary/aromatic N) is 1. The predicted molar refractivity (Wildman–Crippen MR) is 182 cm³/mol. The number of oxazole rings is 1. The molecule has 0 bridgehead atoms.